The Labute approximate surface area is 129 Å². The first-order valence-corrected chi connectivity index (χ1v) is 7.37. The second-order valence-corrected chi connectivity index (χ2v) is 5.35. The first-order valence-electron chi connectivity index (χ1n) is 7.37. The molecule has 1 aliphatic rings. The molecule has 22 heavy (non-hydrogen) atoms. The largest absolute Gasteiger partial charge is 0.384 e. The number of anilines is 1. The number of hydrogen-bond donors (Lipinski definition) is 1. The zero-order valence-electron chi connectivity index (χ0n) is 12.6. The molecular formula is C16H20FN3O2. The number of methoxy groups -OCH3 is 1. The first kappa shape index (κ1) is 16.2. The van der Waals surface area contributed by atoms with E-state index >= 15 is 0 Å². The number of nitrogens with zero attached hydrogens (tertiary/aromatic N) is 2. The van der Waals surface area contributed by atoms with Crippen LogP contribution in [0.1, 0.15) is 24.8 Å². The van der Waals surface area contributed by atoms with Crippen molar-refractivity contribution >= 4 is 11.6 Å². The average Bonchev–Trinajstić information content (AvgIpc) is 2.55. The van der Waals surface area contributed by atoms with Crippen molar-refractivity contribution in [3.8, 4) is 6.07 Å². The molecule has 0 saturated carbocycles. The lowest BCUT2D eigenvalue weighted by Crippen LogP contribution is -2.42. The van der Waals surface area contributed by atoms with Gasteiger partial charge in [-0.05, 0) is 31.0 Å². The minimum Gasteiger partial charge on any atom is -0.384 e. The van der Waals surface area contributed by atoms with E-state index in [0.29, 0.717) is 37.4 Å². The van der Waals surface area contributed by atoms with Crippen LogP contribution in [0.4, 0.5) is 10.1 Å². The van der Waals surface area contributed by atoms with Crippen molar-refractivity contribution in [2.24, 2.45) is 0 Å². The second-order valence-electron chi connectivity index (χ2n) is 5.35. The topological polar surface area (TPSA) is 65.4 Å². The molecule has 6 heteroatoms. The highest BCUT2D eigenvalue weighted by Gasteiger charge is 2.22. The summed E-state index contributed by atoms with van der Waals surface area (Å²) < 4.78 is 18.8. The van der Waals surface area contributed by atoms with E-state index in [1.807, 2.05) is 11.0 Å². The van der Waals surface area contributed by atoms with Crippen LogP contribution in [0, 0.1) is 17.1 Å². The third-order valence-electron chi connectivity index (χ3n) is 3.83. The molecule has 0 unspecified atom stereocenters. The van der Waals surface area contributed by atoms with Gasteiger partial charge in [0, 0.05) is 26.2 Å². The predicted molar refractivity (Wildman–Crippen MR) is 80.8 cm³/mol. The lowest BCUT2D eigenvalue weighted by molar-refractivity contribution is -0.133. The number of amides is 1. The van der Waals surface area contributed by atoms with Crippen molar-refractivity contribution in [3.63, 3.8) is 0 Å². The number of hydrogen-bond acceptors (Lipinski definition) is 4. The number of carbonyl (C=O) groups is 1. The molecule has 1 saturated heterocycles. The summed E-state index contributed by atoms with van der Waals surface area (Å²) in [6.07, 6.45) is 1.95. The minimum absolute atomic E-state index is 0.102. The Bertz CT molecular complexity index is 563. The van der Waals surface area contributed by atoms with Gasteiger partial charge < -0.3 is 15.0 Å². The fraction of sp³-hybridized carbons (Fsp3) is 0.500. The Morgan fingerprint density at radius 3 is 2.82 bits per heavy atom. The Morgan fingerprint density at radius 2 is 2.23 bits per heavy atom. The minimum atomic E-state index is -0.419. The van der Waals surface area contributed by atoms with Crippen LogP contribution in [0.15, 0.2) is 18.2 Å². The van der Waals surface area contributed by atoms with Crippen LogP contribution in [0.25, 0.3) is 0 Å². The zero-order valence-corrected chi connectivity index (χ0v) is 12.6. The van der Waals surface area contributed by atoms with Gasteiger partial charge in [0.2, 0.25) is 5.91 Å². The maximum Gasteiger partial charge on any atom is 0.224 e. The van der Waals surface area contributed by atoms with Crippen LogP contribution in [-0.2, 0) is 9.53 Å². The van der Waals surface area contributed by atoms with Gasteiger partial charge in [0.05, 0.1) is 30.3 Å². The van der Waals surface area contributed by atoms with Crippen LogP contribution in [0.3, 0.4) is 0 Å². The van der Waals surface area contributed by atoms with Gasteiger partial charge in [0.15, 0.2) is 0 Å². The molecule has 1 heterocycles. The van der Waals surface area contributed by atoms with Crippen molar-refractivity contribution < 1.29 is 13.9 Å². The van der Waals surface area contributed by atoms with Gasteiger partial charge in [-0.25, -0.2) is 4.39 Å². The van der Waals surface area contributed by atoms with Gasteiger partial charge in [-0.1, -0.05) is 0 Å². The Hall–Kier alpha value is -2.13. The number of nitriles is 1. The lowest BCUT2D eigenvalue weighted by atomic mass is 10.0. The van der Waals surface area contributed by atoms with E-state index in [4.69, 9.17) is 10.00 Å². The molecule has 0 aliphatic carbocycles. The molecule has 0 bridgehead atoms. The van der Waals surface area contributed by atoms with Crippen molar-refractivity contribution in [3.05, 3.63) is 29.6 Å². The van der Waals surface area contributed by atoms with Crippen LogP contribution < -0.4 is 5.32 Å². The summed E-state index contributed by atoms with van der Waals surface area (Å²) in [5.41, 5.74) is 0.713. The average molecular weight is 305 g/mol. The summed E-state index contributed by atoms with van der Waals surface area (Å²) in [5, 5.41) is 11.9. The summed E-state index contributed by atoms with van der Waals surface area (Å²) in [5.74, 6) is -0.317. The molecule has 1 aromatic rings. The van der Waals surface area contributed by atoms with E-state index < -0.39 is 5.82 Å². The summed E-state index contributed by atoms with van der Waals surface area (Å²) in [7, 11) is 1.58. The maximum absolute atomic E-state index is 13.8. The molecule has 1 fully saturated rings. The van der Waals surface area contributed by atoms with Crippen LogP contribution in [-0.4, -0.2) is 43.7 Å². The Balaban J connectivity index is 1.85. The Morgan fingerprint density at radius 1 is 1.50 bits per heavy atom. The highest BCUT2D eigenvalue weighted by molar-refractivity contribution is 5.76. The number of rotatable bonds is 5. The smallest absolute Gasteiger partial charge is 0.224 e. The SMILES string of the molecule is COCCC(=O)N1CCC(Nc2ccc(C#N)cc2F)CC1. The predicted octanol–water partition coefficient (Wildman–Crippen LogP) is 2.14. The van der Waals surface area contributed by atoms with Crippen LogP contribution in [0.5, 0.6) is 0 Å². The third-order valence-corrected chi connectivity index (χ3v) is 3.83. The Kier molecular flexibility index (Phi) is 5.73. The molecule has 118 valence electrons. The fourth-order valence-corrected chi connectivity index (χ4v) is 2.54. The molecule has 5 nitrogen and oxygen atoms in total. The standard InChI is InChI=1S/C16H20FN3O2/c1-22-9-6-16(21)20-7-4-13(5-8-20)19-15-3-2-12(11-18)10-14(15)17/h2-3,10,13,19H,4-9H2,1H3. The number of piperidine rings is 1. The number of halogens is 1. The quantitative estimate of drug-likeness (QED) is 0.905. The highest BCUT2D eigenvalue weighted by Crippen LogP contribution is 2.20. The van der Waals surface area contributed by atoms with Crippen molar-refractivity contribution in [1.29, 1.82) is 5.26 Å². The van der Waals surface area contributed by atoms with E-state index in [1.165, 1.54) is 6.07 Å². The molecule has 0 spiro atoms. The summed E-state index contributed by atoms with van der Waals surface area (Å²) in [6.45, 7) is 1.77. The second kappa shape index (κ2) is 7.76. The van der Waals surface area contributed by atoms with E-state index in [-0.39, 0.29) is 11.9 Å². The van der Waals surface area contributed by atoms with Gasteiger partial charge >= 0.3 is 0 Å². The van der Waals surface area contributed by atoms with Gasteiger partial charge in [-0.2, -0.15) is 5.26 Å². The number of likely N-dealkylation sites (tertiary alicyclic amines) is 1. The van der Waals surface area contributed by atoms with E-state index in [2.05, 4.69) is 5.32 Å². The van der Waals surface area contributed by atoms with Gasteiger partial charge in [0.1, 0.15) is 5.82 Å². The summed E-state index contributed by atoms with van der Waals surface area (Å²) in [4.78, 5) is 13.7. The molecule has 0 aromatic heterocycles. The molecule has 1 aromatic carbocycles. The molecule has 0 atom stereocenters. The maximum atomic E-state index is 13.8. The van der Waals surface area contributed by atoms with Crippen molar-refractivity contribution in [2.75, 3.05) is 32.1 Å². The molecule has 1 aliphatic heterocycles. The lowest BCUT2D eigenvalue weighted by Gasteiger charge is -2.33. The molecule has 2 rings (SSSR count). The van der Waals surface area contributed by atoms with Crippen LogP contribution in [0.2, 0.25) is 0 Å². The molecule has 0 radical (unpaired) electrons. The molecule has 1 N–H and O–H groups in total. The number of ether oxygens (including phenoxy) is 1. The highest BCUT2D eigenvalue weighted by atomic mass is 19.1. The number of carbonyl (C=O) groups excluding carboxylic acids is 1. The number of benzene rings is 1. The molecular weight excluding hydrogens is 285 g/mol. The summed E-state index contributed by atoms with van der Waals surface area (Å²) >= 11 is 0. The van der Waals surface area contributed by atoms with Crippen molar-refractivity contribution in [2.45, 2.75) is 25.3 Å². The third kappa shape index (κ3) is 4.18. The van der Waals surface area contributed by atoms with Gasteiger partial charge in [-0.3, -0.25) is 4.79 Å². The van der Waals surface area contributed by atoms with Gasteiger partial charge in [-0.15, -0.1) is 0 Å². The first-order chi connectivity index (χ1) is 10.6. The van der Waals surface area contributed by atoms with Gasteiger partial charge in [0.25, 0.3) is 0 Å². The van der Waals surface area contributed by atoms with Crippen molar-refractivity contribution in [1.82, 2.24) is 4.90 Å². The normalized spacial score (nSPS) is 15.4. The van der Waals surface area contributed by atoms with E-state index in [9.17, 15) is 9.18 Å². The monoisotopic (exact) mass is 305 g/mol. The fourth-order valence-electron chi connectivity index (χ4n) is 2.54. The van der Waals surface area contributed by atoms with E-state index in [1.54, 1.807) is 19.2 Å². The van der Waals surface area contributed by atoms with Crippen LogP contribution >= 0.6 is 0 Å². The molecule has 1 amide bonds. The summed E-state index contributed by atoms with van der Waals surface area (Å²) in [6, 6.07) is 6.45. The zero-order chi connectivity index (χ0) is 15.9. The van der Waals surface area contributed by atoms with E-state index in [0.717, 1.165) is 12.8 Å². The number of nitrogens with one attached hydrogen (secondary N) is 1.